The van der Waals surface area contributed by atoms with Crippen molar-refractivity contribution in [1.29, 1.82) is 0 Å². The number of amides is 1. The van der Waals surface area contributed by atoms with E-state index in [1.54, 1.807) is 6.20 Å². The van der Waals surface area contributed by atoms with Crippen LogP contribution < -0.4 is 5.32 Å². The number of rotatable bonds is 9. The van der Waals surface area contributed by atoms with Crippen LogP contribution in [0.2, 0.25) is 0 Å². The number of carbonyl (C=O) groups excluding carboxylic acids is 1. The number of nitrogens with zero attached hydrogens (tertiary/aromatic N) is 4. The molecule has 1 aromatic carbocycles. The van der Waals surface area contributed by atoms with E-state index < -0.39 is 0 Å². The van der Waals surface area contributed by atoms with E-state index in [2.05, 4.69) is 32.7 Å². The molecule has 3 rings (SSSR count). The summed E-state index contributed by atoms with van der Waals surface area (Å²) in [7, 11) is 0. The van der Waals surface area contributed by atoms with E-state index in [1.165, 1.54) is 5.56 Å². The molecule has 7 nitrogen and oxygen atoms in total. The van der Waals surface area contributed by atoms with Gasteiger partial charge in [0.2, 0.25) is 11.8 Å². The van der Waals surface area contributed by atoms with Gasteiger partial charge in [-0.15, -0.1) is 0 Å². The zero-order valence-electron chi connectivity index (χ0n) is 14.9. The first-order valence-electron chi connectivity index (χ1n) is 8.86. The Balaban J connectivity index is 1.37. The zero-order valence-corrected chi connectivity index (χ0v) is 14.9. The van der Waals surface area contributed by atoms with Crippen LogP contribution in [0.25, 0.3) is 0 Å². The fourth-order valence-electron chi connectivity index (χ4n) is 2.57. The molecule has 3 aromatic rings. The van der Waals surface area contributed by atoms with E-state index >= 15 is 0 Å². The van der Waals surface area contributed by atoms with E-state index in [0.717, 1.165) is 18.5 Å². The lowest BCUT2D eigenvalue weighted by molar-refractivity contribution is -0.121. The van der Waals surface area contributed by atoms with Crippen LogP contribution in [0.15, 0.2) is 47.2 Å². The molecule has 0 aliphatic carbocycles. The standard InChI is InChI=1S/C19H23N5O2/c1-2-17-22-19(26-23-17)6-3-5-18(25)20-13-15-7-9-16(10-8-15)14-24-12-4-11-21-24/h4,7-12H,2-3,5-6,13-14H2,1H3,(H,20,25). The first-order chi connectivity index (χ1) is 12.7. The van der Waals surface area contributed by atoms with Crippen molar-refractivity contribution < 1.29 is 9.32 Å². The van der Waals surface area contributed by atoms with E-state index in [1.807, 2.05) is 36.0 Å². The van der Waals surface area contributed by atoms with Crippen LogP contribution in [0.1, 0.15) is 42.6 Å². The second-order valence-corrected chi connectivity index (χ2v) is 6.11. The molecular formula is C19H23N5O2. The van der Waals surface area contributed by atoms with E-state index in [9.17, 15) is 4.79 Å². The van der Waals surface area contributed by atoms with Crippen LogP contribution in [0.5, 0.6) is 0 Å². The maximum atomic E-state index is 12.0. The van der Waals surface area contributed by atoms with Crippen molar-refractivity contribution in [1.82, 2.24) is 25.2 Å². The predicted octanol–water partition coefficient (Wildman–Crippen LogP) is 2.52. The normalized spacial score (nSPS) is 10.8. The van der Waals surface area contributed by atoms with Gasteiger partial charge in [-0.1, -0.05) is 36.3 Å². The molecule has 0 fully saturated rings. The maximum absolute atomic E-state index is 12.0. The Morgan fingerprint density at radius 1 is 1.23 bits per heavy atom. The lowest BCUT2D eigenvalue weighted by Gasteiger charge is -2.07. The van der Waals surface area contributed by atoms with Crippen LogP contribution in [0.3, 0.4) is 0 Å². The Hall–Kier alpha value is -2.96. The molecule has 2 heterocycles. The molecule has 0 radical (unpaired) electrons. The van der Waals surface area contributed by atoms with Gasteiger partial charge < -0.3 is 9.84 Å². The number of benzene rings is 1. The fraction of sp³-hybridized carbons (Fsp3) is 0.368. The third-order valence-corrected chi connectivity index (χ3v) is 4.04. The Kier molecular flexibility index (Phi) is 6.14. The highest BCUT2D eigenvalue weighted by molar-refractivity contribution is 5.75. The molecule has 0 aliphatic heterocycles. The first-order valence-corrected chi connectivity index (χ1v) is 8.86. The van der Waals surface area contributed by atoms with Gasteiger partial charge in [0.1, 0.15) is 0 Å². The van der Waals surface area contributed by atoms with Crippen LogP contribution in [0.4, 0.5) is 0 Å². The molecule has 7 heteroatoms. The highest BCUT2D eigenvalue weighted by atomic mass is 16.5. The van der Waals surface area contributed by atoms with Crippen molar-refractivity contribution in [2.45, 2.75) is 45.7 Å². The molecule has 26 heavy (non-hydrogen) atoms. The molecular weight excluding hydrogens is 330 g/mol. The summed E-state index contributed by atoms with van der Waals surface area (Å²) in [5.74, 6) is 1.34. The summed E-state index contributed by atoms with van der Waals surface area (Å²) in [5, 5.41) is 11.0. The van der Waals surface area contributed by atoms with Crippen molar-refractivity contribution in [2.24, 2.45) is 0 Å². The average molecular weight is 353 g/mol. The summed E-state index contributed by atoms with van der Waals surface area (Å²) in [6.07, 6.45) is 6.23. The molecule has 2 aromatic heterocycles. The number of hydrogen-bond donors (Lipinski definition) is 1. The second-order valence-electron chi connectivity index (χ2n) is 6.11. The number of hydrogen-bond acceptors (Lipinski definition) is 5. The minimum absolute atomic E-state index is 0.0286. The third-order valence-electron chi connectivity index (χ3n) is 4.04. The smallest absolute Gasteiger partial charge is 0.226 e. The van der Waals surface area contributed by atoms with Gasteiger partial charge in [0.25, 0.3) is 0 Å². The van der Waals surface area contributed by atoms with Crippen molar-refractivity contribution in [3.8, 4) is 0 Å². The van der Waals surface area contributed by atoms with Crippen molar-refractivity contribution >= 4 is 5.91 Å². The highest BCUT2D eigenvalue weighted by Gasteiger charge is 2.07. The van der Waals surface area contributed by atoms with Crippen LogP contribution >= 0.6 is 0 Å². The van der Waals surface area contributed by atoms with Crippen molar-refractivity contribution in [3.05, 3.63) is 65.6 Å². The molecule has 0 spiro atoms. The van der Waals surface area contributed by atoms with Gasteiger partial charge >= 0.3 is 0 Å². The molecule has 1 N–H and O–H groups in total. The first kappa shape index (κ1) is 17.8. The van der Waals surface area contributed by atoms with Gasteiger partial charge in [0, 0.05) is 38.2 Å². The Morgan fingerprint density at radius 2 is 2.04 bits per heavy atom. The number of aromatic nitrogens is 4. The molecule has 1 amide bonds. The van der Waals surface area contributed by atoms with Crippen LogP contribution in [-0.2, 0) is 30.7 Å². The quantitative estimate of drug-likeness (QED) is 0.639. The van der Waals surface area contributed by atoms with Gasteiger partial charge in [0.15, 0.2) is 5.82 Å². The Labute approximate surface area is 152 Å². The molecule has 0 aliphatic rings. The molecule has 0 bridgehead atoms. The topological polar surface area (TPSA) is 85.8 Å². The van der Waals surface area contributed by atoms with Crippen molar-refractivity contribution in [3.63, 3.8) is 0 Å². The number of nitrogens with one attached hydrogen (secondary N) is 1. The SMILES string of the molecule is CCc1noc(CCCC(=O)NCc2ccc(Cn3cccn3)cc2)n1. The highest BCUT2D eigenvalue weighted by Crippen LogP contribution is 2.07. The molecule has 0 saturated carbocycles. The predicted molar refractivity (Wildman–Crippen MR) is 96.2 cm³/mol. The summed E-state index contributed by atoms with van der Waals surface area (Å²) in [6, 6.07) is 10.1. The minimum atomic E-state index is 0.0286. The number of carbonyl (C=O) groups is 1. The van der Waals surface area contributed by atoms with E-state index in [-0.39, 0.29) is 5.91 Å². The lowest BCUT2D eigenvalue weighted by atomic mass is 10.1. The maximum Gasteiger partial charge on any atom is 0.226 e. The summed E-state index contributed by atoms with van der Waals surface area (Å²) in [6.45, 7) is 3.25. The molecule has 0 atom stereocenters. The largest absolute Gasteiger partial charge is 0.352 e. The van der Waals surface area contributed by atoms with Crippen LogP contribution in [0, 0.1) is 0 Å². The molecule has 0 saturated heterocycles. The summed E-state index contributed by atoms with van der Waals surface area (Å²) in [5.41, 5.74) is 2.25. The summed E-state index contributed by atoms with van der Waals surface area (Å²) >= 11 is 0. The van der Waals surface area contributed by atoms with Crippen molar-refractivity contribution in [2.75, 3.05) is 0 Å². The van der Waals surface area contributed by atoms with Gasteiger partial charge in [-0.05, 0) is 23.6 Å². The van der Waals surface area contributed by atoms with Gasteiger partial charge in [0.05, 0.1) is 6.54 Å². The minimum Gasteiger partial charge on any atom is -0.352 e. The van der Waals surface area contributed by atoms with Gasteiger partial charge in [-0.2, -0.15) is 10.1 Å². The van der Waals surface area contributed by atoms with E-state index in [0.29, 0.717) is 37.5 Å². The van der Waals surface area contributed by atoms with Crippen LogP contribution in [-0.4, -0.2) is 25.8 Å². The Morgan fingerprint density at radius 3 is 2.73 bits per heavy atom. The summed E-state index contributed by atoms with van der Waals surface area (Å²) in [4.78, 5) is 16.2. The van der Waals surface area contributed by atoms with Gasteiger partial charge in [-0.3, -0.25) is 9.48 Å². The third kappa shape index (κ3) is 5.27. The second kappa shape index (κ2) is 8.94. The number of aryl methyl sites for hydroxylation is 2. The Bertz CT molecular complexity index is 809. The zero-order chi connectivity index (χ0) is 18.2. The average Bonchev–Trinajstić information content (AvgIpc) is 3.33. The van der Waals surface area contributed by atoms with E-state index in [4.69, 9.17) is 4.52 Å². The molecule has 0 unspecified atom stereocenters. The summed E-state index contributed by atoms with van der Waals surface area (Å²) < 4.78 is 6.99. The monoisotopic (exact) mass is 353 g/mol. The van der Waals surface area contributed by atoms with Gasteiger partial charge in [-0.25, -0.2) is 0 Å². The fourth-order valence-corrected chi connectivity index (χ4v) is 2.57. The lowest BCUT2D eigenvalue weighted by Crippen LogP contribution is -2.22. The molecule has 136 valence electrons.